The lowest BCUT2D eigenvalue weighted by Gasteiger charge is -2.13. The maximum absolute atomic E-state index is 13.6. The van der Waals surface area contributed by atoms with Crippen molar-refractivity contribution >= 4 is 51.8 Å². The molecule has 3 amide bonds. The van der Waals surface area contributed by atoms with Crippen LogP contribution in [0.15, 0.2) is 48.7 Å². The van der Waals surface area contributed by atoms with E-state index in [0.717, 1.165) is 5.56 Å². The minimum atomic E-state index is -0.678. The third-order valence-corrected chi connectivity index (χ3v) is 8.59. The summed E-state index contributed by atoms with van der Waals surface area (Å²) in [7, 11) is 0. The Morgan fingerprint density at radius 2 is 1.44 bits per heavy atom. The van der Waals surface area contributed by atoms with Gasteiger partial charge in [-0.25, -0.2) is 15.0 Å². The molecule has 5 heterocycles. The second-order valence-corrected chi connectivity index (χ2v) is 12.5. The number of aromatic nitrogens is 9. The van der Waals surface area contributed by atoms with Gasteiger partial charge in [-0.1, -0.05) is 12.2 Å². The number of nitrogens with one attached hydrogen (secondary N) is 2. The van der Waals surface area contributed by atoms with Crippen molar-refractivity contribution in [3.63, 3.8) is 0 Å². The van der Waals surface area contributed by atoms with Gasteiger partial charge in [0.25, 0.3) is 11.8 Å². The fourth-order valence-electron chi connectivity index (χ4n) is 6.06. The number of imidazole rings is 2. The van der Waals surface area contributed by atoms with E-state index < -0.39 is 11.8 Å². The number of anilines is 2. The van der Waals surface area contributed by atoms with E-state index in [1.807, 2.05) is 39.0 Å². The molecule has 18 heteroatoms. The van der Waals surface area contributed by atoms with Crippen molar-refractivity contribution in [3.05, 3.63) is 82.6 Å². The Morgan fingerprint density at radius 3 is 2.02 bits per heavy atom. The zero-order valence-electron chi connectivity index (χ0n) is 30.5. The Morgan fingerprint density at radius 1 is 0.852 bits per heavy atom. The number of carbonyl (C=O) groups excluding carboxylic acids is 3. The van der Waals surface area contributed by atoms with Gasteiger partial charge in [0.05, 0.1) is 23.5 Å². The predicted octanol–water partition coefficient (Wildman–Crippen LogP) is 2.91. The fourth-order valence-corrected chi connectivity index (χ4v) is 6.06. The van der Waals surface area contributed by atoms with Crippen molar-refractivity contribution in [1.29, 1.82) is 0 Å². The van der Waals surface area contributed by atoms with E-state index in [1.165, 1.54) is 12.1 Å². The van der Waals surface area contributed by atoms with E-state index in [0.29, 0.717) is 70.2 Å². The van der Waals surface area contributed by atoms with Crippen molar-refractivity contribution in [2.24, 2.45) is 11.5 Å². The molecule has 0 spiro atoms. The highest BCUT2D eigenvalue weighted by Crippen LogP contribution is 2.31. The monoisotopic (exact) mass is 737 g/mol. The number of rotatable bonds is 16. The Labute approximate surface area is 309 Å². The van der Waals surface area contributed by atoms with Crippen LogP contribution in [0.3, 0.4) is 0 Å². The number of aliphatic hydroxyl groups is 1. The maximum atomic E-state index is 13.6. The zero-order chi connectivity index (χ0) is 38.5. The number of aryl methyl sites for hydroxylation is 4. The number of carbonyl (C=O) groups is 3. The first-order chi connectivity index (χ1) is 26.0. The maximum Gasteiger partial charge on any atom is 0.276 e. The Kier molecular flexibility index (Phi) is 11.1. The van der Waals surface area contributed by atoms with Crippen molar-refractivity contribution in [1.82, 2.24) is 43.6 Å². The summed E-state index contributed by atoms with van der Waals surface area (Å²) in [6.45, 7) is 9.20. The molecular formula is C36H43N13O5. The molecule has 5 aromatic heterocycles. The van der Waals surface area contributed by atoms with Gasteiger partial charge in [0, 0.05) is 57.5 Å². The van der Waals surface area contributed by atoms with Crippen LogP contribution in [0.5, 0.6) is 5.75 Å². The number of nitrogens with zero attached hydrogens (tertiary/aromatic N) is 9. The van der Waals surface area contributed by atoms with E-state index in [-0.39, 0.29) is 56.2 Å². The third kappa shape index (κ3) is 7.69. The molecule has 1 aromatic carbocycles. The van der Waals surface area contributed by atoms with E-state index in [9.17, 15) is 19.5 Å². The number of ether oxygens (including phenoxy) is 1. The lowest BCUT2D eigenvalue weighted by atomic mass is 10.1. The fraction of sp³-hybridized carbons (Fsp3) is 0.333. The van der Waals surface area contributed by atoms with E-state index >= 15 is 0 Å². The van der Waals surface area contributed by atoms with Crippen molar-refractivity contribution in [2.45, 2.75) is 66.8 Å². The number of hydrogen-bond donors (Lipinski definition) is 5. The van der Waals surface area contributed by atoms with E-state index in [1.54, 1.807) is 43.8 Å². The Balaban J connectivity index is 1.37. The van der Waals surface area contributed by atoms with Gasteiger partial charge in [-0.3, -0.25) is 38.9 Å². The van der Waals surface area contributed by atoms with Crippen LogP contribution in [0, 0.1) is 13.8 Å². The predicted molar refractivity (Wildman–Crippen MR) is 201 cm³/mol. The zero-order valence-corrected chi connectivity index (χ0v) is 30.5. The number of primary amides is 1. The second-order valence-electron chi connectivity index (χ2n) is 12.5. The first-order valence-corrected chi connectivity index (χ1v) is 17.5. The second kappa shape index (κ2) is 16.1. The topological polar surface area (TPSA) is 241 Å². The van der Waals surface area contributed by atoms with Crippen molar-refractivity contribution < 1.29 is 24.2 Å². The van der Waals surface area contributed by atoms with Crippen LogP contribution in [0.4, 0.5) is 11.9 Å². The highest BCUT2D eigenvalue weighted by Gasteiger charge is 2.22. The van der Waals surface area contributed by atoms with Crippen LogP contribution >= 0.6 is 0 Å². The summed E-state index contributed by atoms with van der Waals surface area (Å²) in [6, 6.07) is 8.29. The molecule has 0 bridgehead atoms. The average Bonchev–Trinajstić information content (AvgIpc) is 3.92. The largest absolute Gasteiger partial charge is 0.491 e. The standard InChI is InChI=1S/C36H43N13O5/c1-5-48-27(14-21(3)44-48)33(52)42-35-40-25-17-24(31(38)51)18-29(54-13-9-12-50)30(25)46(35)10-7-8-11-47-32-26(16-23(19-37)20-39-32)41-36(47)43-34(53)28-15-22(4)45-49(28)6-2/h7-8,14-18,20,50H,5-6,9-13,19,37H2,1-4H3,(H2,38,51)(H,40,42,52)(H,41,43,53)/b8-7+. The summed E-state index contributed by atoms with van der Waals surface area (Å²) in [4.78, 5) is 53.3. The molecule has 54 heavy (non-hydrogen) atoms. The van der Waals surface area contributed by atoms with Gasteiger partial charge in [0.15, 0.2) is 5.65 Å². The number of fused-ring (bicyclic) bond motifs is 2. The third-order valence-electron chi connectivity index (χ3n) is 8.59. The molecule has 0 aliphatic carbocycles. The van der Waals surface area contributed by atoms with Crippen LogP contribution < -0.4 is 26.8 Å². The number of allylic oxidation sites excluding steroid dienone is 2. The molecule has 0 unspecified atom stereocenters. The molecule has 282 valence electrons. The van der Waals surface area contributed by atoms with Crippen molar-refractivity contribution in [2.75, 3.05) is 23.8 Å². The highest BCUT2D eigenvalue weighted by molar-refractivity contribution is 6.04. The Bertz CT molecular complexity index is 2380. The normalized spacial score (nSPS) is 11.6. The van der Waals surface area contributed by atoms with E-state index in [2.05, 4.69) is 35.8 Å². The minimum absolute atomic E-state index is 0.0951. The van der Waals surface area contributed by atoms with Crippen LogP contribution in [0.25, 0.3) is 22.2 Å². The molecule has 0 fully saturated rings. The molecule has 18 nitrogen and oxygen atoms in total. The molecule has 0 aliphatic rings. The van der Waals surface area contributed by atoms with Gasteiger partial charge < -0.3 is 25.9 Å². The summed E-state index contributed by atoms with van der Waals surface area (Å²) in [5, 5.41) is 24.0. The van der Waals surface area contributed by atoms with Crippen LogP contribution in [0.1, 0.15) is 68.6 Å². The summed E-state index contributed by atoms with van der Waals surface area (Å²) in [5.41, 5.74) is 16.6. The number of pyridine rings is 1. The van der Waals surface area contributed by atoms with Gasteiger partial charge >= 0.3 is 0 Å². The average molecular weight is 738 g/mol. The molecule has 0 aliphatic heterocycles. The van der Waals surface area contributed by atoms with Crippen LogP contribution in [-0.4, -0.2) is 79.7 Å². The van der Waals surface area contributed by atoms with Gasteiger partial charge in [0.1, 0.15) is 28.2 Å². The van der Waals surface area contributed by atoms with Gasteiger partial charge in [0.2, 0.25) is 17.8 Å². The summed E-state index contributed by atoms with van der Waals surface area (Å²) in [5.74, 6) is -0.699. The number of benzene rings is 1. The molecular weight excluding hydrogens is 694 g/mol. The lowest BCUT2D eigenvalue weighted by molar-refractivity contribution is 0.0994. The first-order valence-electron chi connectivity index (χ1n) is 17.5. The van der Waals surface area contributed by atoms with Gasteiger partial charge in [-0.2, -0.15) is 10.2 Å². The van der Waals surface area contributed by atoms with Crippen LogP contribution in [-0.2, 0) is 32.7 Å². The van der Waals surface area contributed by atoms with Gasteiger partial charge in [-0.15, -0.1) is 0 Å². The molecule has 0 atom stereocenters. The quantitative estimate of drug-likeness (QED) is 0.0715. The molecule has 0 radical (unpaired) electrons. The summed E-state index contributed by atoms with van der Waals surface area (Å²) >= 11 is 0. The smallest absolute Gasteiger partial charge is 0.276 e. The van der Waals surface area contributed by atoms with Crippen LogP contribution in [0.2, 0.25) is 0 Å². The number of amides is 3. The Hall–Kier alpha value is -6.40. The minimum Gasteiger partial charge on any atom is -0.491 e. The molecule has 0 saturated carbocycles. The molecule has 6 aromatic rings. The van der Waals surface area contributed by atoms with Gasteiger partial charge in [-0.05, 0) is 63.6 Å². The number of hydrogen-bond acceptors (Lipinski definition) is 11. The van der Waals surface area contributed by atoms with Crippen molar-refractivity contribution in [3.8, 4) is 5.75 Å². The molecule has 7 N–H and O–H groups in total. The number of aliphatic hydroxyl groups excluding tert-OH is 1. The summed E-state index contributed by atoms with van der Waals surface area (Å²) < 4.78 is 12.8. The molecule has 0 saturated heterocycles. The number of nitrogens with two attached hydrogens (primary N) is 2. The SMILES string of the molecule is CCn1nc(C)cc1C(=O)Nc1nc2cc(CN)cnc2n1C/C=C/Cn1c(NC(=O)c2cc(C)nn2CC)nc2cc(C(N)=O)cc(OCCCO)c21. The summed E-state index contributed by atoms with van der Waals surface area (Å²) in [6.07, 6.45) is 5.74. The highest BCUT2D eigenvalue weighted by atomic mass is 16.5. The lowest BCUT2D eigenvalue weighted by Crippen LogP contribution is -2.20. The van der Waals surface area contributed by atoms with E-state index in [4.69, 9.17) is 16.2 Å². The molecule has 6 rings (SSSR count). The first kappa shape index (κ1) is 37.4.